The van der Waals surface area contributed by atoms with Gasteiger partial charge in [-0.2, -0.15) is 0 Å². The lowest BCUT2D eigenvalue weighted by Crippen LogP contribution is -2.43. The van der Waals surface area contributed by atoms with E-state index in [1.54, 1.807) is 7.11 Å². The van der Waals surface area contributed by atoms with Crippen LogP contribution in [0.3, 0.4) is 0 Å². The van der Waals surface area contributed by atoms with Gasteiger partial charge in [-0.05, 0) is 43.5 Å². The molecule has 2 N–H and O–H groups in total. The fourth-order valence-corrected chi connectivity index (χ4v) is 3.82. The quantitative estimate of drug-likeness (QED) is 0.714. The monoisotopic (exact) mass is 378 g/mol. The van der Waals surface area contributed by atoms with Gasteiger partial charge < -0.3 is 19.9 Å². The summed E-state index contributed by atoms with van der Waals surface area (Å²) in [5, 5.41) is 3.07. The zero-order chi connectivity index (χ0) is 19.5. The highest BCUT2D eigenvalue weighted by atomic mass is 16.5. The number of methoxy groups -OCH3 is 1. The molecule has 0 bridgehead atoms. The van der Waals surface area contributed by atoms with E-state index in [9.17, 15) is 4.79 Å². The lowest BCUT2D eigenvalue weighted by atomic mass is 9.97. The van der Waals surface area contributed by atoms with Gasteiger partial charge in [-0.25, -0.2) is 4.98 Å². The van der Waals surface area contributed by atoms with Gasteiger partial charge in [0, 0.05) is 25.2 Å². The van der Waals surface area contributed by atoms with Crippen molar-refractivity contribution in [3.63, 3.8) is 0 Å². The van der Waals surface area contributed by atoms with Crippen molar-refractivity contribution in [2.24, 2.45) is 5.92 Å². The van der Waals surface area contributed by atoms with Gasteiger partial charge >= 0.3 is 0 Å². The van der Waals surface area contributed by atoms with Crippen molar-refractivity contribution in [2.45, 2.75) is 26.3 Å². The number of rotatable bonds is 5. The number of anilines is 1. The molecular formula is C22H26N4O2. The number of hydrogen-bond acceptors (Lipinski definition) is 4. The molecule has 2 heterocycles. The molecule has 1 atom stereocenters. The topological polar surface area (TPSA) is 70.2 Å². The molecule has 1 fully saturated rings. The molecule has 1 aliphatic heterocycles. The third kappa shape index (κ3) is 3.81. The number of piperidine rings is 1. The van der Waals surface area contributed by atoms with Crippen molar-refractivity contribution in [1.29, 1.82) is 0 Å². The second-order valence-corrected chi connectivity index (χ2v) is 7.40. The molecule has 6 nitrogen and oxygen atoms in total. The first-order chi connectivity index (χ1) is 13.6. The Hall–Kier alpha value is -3.02. The molecule has 146 valence electrons. The number of ether oxygens (including phenoxy) is 1. The Kier molecular flexibility index (Phi) is 5.19. The van der Waals surface area contributed by atoms with Crippen molar-refractivity contribution in [3.05, 3.63) is 53.6 Å². The lowest BCUT2D eigenvalue weighted by molar-refractivity contribution is -0.125. The summed E-state index contributed by atoms with van der Waals surface area (Å²) in [5.41, 5.74) is 4.19. The van der Waals surface area contributed by atoms with Crippen LogP contribution in [0.15, 0.2) is 42.5 Å². The number of benzene rings is 2. The van der Waals surface area contributed by atoms with E-state index in [0.717, 1.165) is 47.7 Å². The van der Waals surface area contributed by atoms with Gasteiger partial charge in [0.1, 0.15) is 5.75 Å². The molecular weight excluding hydrogens is 352 g/mol. The smallest absolute Gasteiger partial charge is 0.225 e. The highest BCUT2D eigenvalue weighted by molar-refractivity contribution is 5.80. The van der Waals surface area contributed by atoms with Gasteiger partial charge in [-0.15, -0.1) is 0 Å². The van der Waals surface area contributed by atoms with Gasteiger partial charge in [-0.3, -0.25) is 4.79 Å². The number of amides is 1. The van der Waals surface area contributed by atoms with Crippen LogP contribution in [-0.4, -0.2) is 36.1 Å². The van der Waals surface area contributed by atoms with E-state index in [2.05, 4.69) is 34.3 Å². The van der Waals surface area contributed by atoms with Crippen molar-refractivity contribution >= 4 is 22.9 Å². The molecule has 0 radical (unpaired) electrons. The molecule has 0 aliphatic carbocycles. The lowest BCUT2D eigenvalue weighted by Gasteiger charge is -2.31. The molecule has 2 aromatic carbocycles. The van der Waals surface area contributed by atoms with Gasteiger partial charge in [-0.1, -0.05) is 24.3 Å². The number of nitrogens with one attached hydrogen (secondary N) is 2. The van der Waals surface area contributed by atoms with Gasteiger partial charge in [0.25, 0.3) is 0 Å². The SMILES string of the molecule is COc1ccccc1CNC(=O)[C@H]1CCCN(c2nc3ccc(C)cc3[nH]2)C1. The minimum Gasteiger partial charge on any atom is -0.496 e. The van der Waals surface area contributed by atoms with E-state index in [1.807, 2.05) is 30.3 Å². The third-order valence-corrected chi connectivity index (χ3v) is 5.36. The molecule has 0 saturated carbocycles. The van der Waals surface area contributed by atoms with Crippen LogP contribution < -0.4 is 15.0 Å². The molecule has 0 unspecified atom stereocenters. The second kappa shape index (κ2) is 7.92. The number of aryl methyl sites for hydroxylation is 1. The number of aromatic nitrogens is 2. The molecule has 4 rings (SSSR count). The normalized spacial score (nSPS) is 16.9. The maximum absolute atomic E-state index is 12.8. The first kappa shape index (κ1) is 18.3. The summed E-state index contributed by atoms with van der Waals surface area (Å²) in [6, 6.07) is 14.0. The van der Waals surface area contributed by atoms with Crippen LogP contribution in [0.4, 0.5) is 5.95 Å². The van der Waals surface area contributed by atoms with E-state index in [-0.39, 0.29) is 11.8 Å². The van der Waals surface area contributed by atoms with Crippen LogP contribution in [0.25, 0.3) is 11.0 Å². The molecule has 0 spiro atoms. The first-order valence-electron chi connectivity index (χ1n) is 9.75. The molecule has 1 aliphatic rings. The van der Waals surface area contributed by atoms with Crippen LogP contribution in [0, 0.1) is 12.8 Å². The number of carbonyl (C=O) groups is 1. The molecule has 1 aromatic heterocycles. The Balaban J connectivity index is 1.41. The van der Waals surface area contributed by atoms with Crippen LogP contribution >= 0.6 is 0 Å². The van der Waals surface area contributed by atoms with Crippen molar-refractivity contribution in [2.75, 3.05) is 25.1 Å². The number of carbonyl (C=O) groups excluding carboxylic acids is 1. The molecule has 1 amide bonds. The Morgan fingerprint density at radius 3 is 3.04 bits per heavy atom. The summed E-state index contributed by atoms with van der Waals surface area (Å²) in [6.07, 6.45) is 1.87. The average Bonchev–Trinajstić information content (AvgIpc) is 3.15. The highest BCUT2D eigenvalue weighted by Crippen LogP contribution is 2.24. The maximum Gasteiger partial charge on any atom is 0.225 e. The third-order valence-electron chi connectivity index (χ3n) is 5.36. The van der Waals surface area contributed by atoms with E-state index in [4.69, 9.17) is 9.72 Å². The number of para-hydroxylation sites is 1. The summed E-state index contributed by atoms with van der Waals surface area (Å²) in [6.45, 7) is 4.14. The number of nitrogens with zero attached hydrogens (tertiary/aromatic N) is 2. The summed E-state index contributed by atoms with van der Waals surface area (Å²) < 4.78 is 5.36. The number of imidazole rings is 1. The Morgan fingerprint density at radius 2 is 2.18 bits per heavy atom. The molecule has 1 saturated heterocycles. The minimum absolute atomic E-state index is 0.0431. The van der Waals surface area contributed by atoms with Gasteiger partial charge in [0.15, 0.2) is 0 Å². The molecule has 28 heavy (non-hydrogen) atoms. The highest BCUT2D eigenvalue weighted by Gasteiger charge is 2.27. The zero-order valence-corrected chi connectivity index (χ0v) is 16.4. The zero-order valence-electron chi connectivity index (χ0n) is 16.4. The number of aromatic amines is 1. The van der Waals surface area contributed by atoms with Crippen molar-refractivity contribution < 1.29 is 9.53 Å². The van der Waals surface area contributed by atoms with Crippen LogP contribution in [0.1, 0.15) is 24.0 Å². The standard InChI is InChI=1S/C22H26N4O2/c1-15-9-10-18-19(12-15)25-22(24-18)26-11-5-7-17(14-26)21(27)23-13-16-6-3-4-8-20(16)28-2/h3-4,6,8-10,12,17H,5,7,11,13-14H2,1-2H3,(H,23,27)(H,24,25)/t17-/m0/s1. The van der Waals surface area contributed by atoms with E-state index in [1.165, 1.54) is 5.56 Å². The summed E-state index contributed by atoms with van der Waals surface area (Å²) in [5.74, 6) is 1.69. The average molecular weight is 378 g/mol. The van der Waals surface area contributed by atoms with Crippen molar-refractivity contribution in [3.8, 4) is 5.75 Å². The molecule has 3 aromatic rings. The van der Waals surface area contributed by atoms with E-state index >= 15 is 0 Å². The van der Waals surface area contributed by atoms with Crippen LogP contribution in [0.2, 0.25) is 0 Å². The maximum atomic E-state index is 12.8. The summed E-state index contributed by atoms with van der Waals surface area (Å²) in [4.78, 5) is 23.1. The largest absolute Gasteiger partial charge is 0.496 e. The predicted octanol–water partition coefficient (Wildman–Crippen LogP) is 3.41. The minimum atomic E-state index is -0.0431. The van der Waals surface area contributed by atoms with E-state index in [0.29, 0.717) is 13.1 Å². The Morgan fingerprint density at radius 1 is 1.32 bits per heavy atom. The number of hydrogen-bond donors (Lipinski definition) is 2. The fraction of sp³-hybridized carbons (Fsp3) is 0.364. The van der Waals surface area contributed by atoms with Gasteiger partial charge in [0.05, 0.1) is 24.1 Å². The van der Waals surface area contributed by atoms with Crippen LogP contribution in [0.5, 0.6) is 5.75 Å². The Bertz CT molecular complexity index is 982. The van der Waals surface area contributed by atoms with E-state index < -0.39 is 0 Å². The van der Waals surface area contributed by atoms with Crippen molar-refractivity contribution in [1.82, 2.24) is 15.3 Å². The van der Waals surface area contributed by atoms with Gasteiger partial charge in [0.2, 0.25) is 11.9 Å². The second-order valence-electron chi connectivity index (χ2n) is 7.40. The molecule has 6 heteroatoms. The number of fused-ring (bicyclic) bond motifs is 1. The first-order valence-corrected chi connectivity index (χ1v) is 9.75. The fourth-order valence-electron chi connectivity index (χ4n) is 3.82. The van der Waals surface area contributed by atoms with Crippen LogP contribution in [-0.2, 0) is 11.3 Å². The predicted molar refractivity (Wildman–Crippen MR) is 111 cm³/mol. The number of H-pyrrole nitrogens is 1. The Labute approximate surface area is 164 Å². The summed E-state index contributed by atoms with van der Waals surface area (Å²) >= 11 is 0. The summed E-state index contributed by atoms with van der Waals surface area (Å²) in [7, 11) is 1.65.